The summed E-state index contributed by atoms with van der Waals surface area (Å²) >= 11 is 3.39. The van der Waals surface area contributed by atoms with Crippen LogP contribution >= 0.6 is 15.9 Å². The monoisotopic (exact) mass is 496 g/mol. The van der Waals surface area contributed by atoms with Gasteiger partial charge in [-0.25, -0.2) is 8.42 Å². The zero-order valence-electron chi connectivity index (χ0n) is 16.9. The van der Waals surface area contributed by atoms with Gasteiger partial charge in [0.15, 0.2) is 11.5 Å². The summed E-state index contributed by atoms with van der Waals surface area (Å²) < 4.78 is 39.0. The van der Waals surface area contributed by atoms with E-state index >= 15 is 0 Å². The third-order valence-electron chi connectivity index (χ3n) is 4.81. The molecule has 3 rings (SSSR count). The second kappa shape index (κ2) is 9.80. The maximum absolute atomic E-state index is 12.9. The SMILES string of the molecule is CCC(NC(=O)CN(C)S(=O)(=O)c1ccc2c(c1)OCCCO2)c1ccc(Br)cc1. The lowest BCUT2D eigenvalue weighted by Gasteiger charge is -2.21. The molecule has 9 heteroatoms. The lowest BCUT2D eigenvalue weighted by Crippen LogP contribution is -2.39. The molecule has 0 aliphatic carbocycles. The Morgan fingerprint density at radius 3 is 2.47 bits per heavy atom. The van der Waals surface area contributed by atoms with Gasteiger partial charge in [0.1, 0.15) is 0 Å². The molecular weight excluding hydrogens is 472 g/mol. The number of amides is 1. The van der Waals surface area contributed by atoms with Gasteiger partial charge in [0.2, 0.25) is 15.9 Å². The molecule has 0 saturated carbocycles. The van der Waals surface area contributed by atoms with Crippen molar-refractivity contribution in [1.29, 1.82) is 0 Å². The van der Waals surface area contributed by atoms with Crippen LogP contribution in [0.3, 0.4) is 0 Å². The second-order valence-electron chi connectivity index (χ2n) is 7.00. The van der Waals surface area contributed by atoms with Crippen molar-refractivity contribution in [3.05, 3.63) is 52.5 Å². The Kier molecular flexibility index (Phi) is 7.38. The number of carbonyl (C=O) groups excluding carboxylic acids is 1. The van der Waals surface area contributed by atoms with Gasteiger partial charge in [0.05, 0.1) is 30.7 Å². The fourth-order valence-corrected chi connectivity index (χ4v) is 4.53. The standard InChI is InChI=1S/C21H25BrN2O5S/c1-3-18(15-5-7-16(22)8-6-15)23-21(25)14-24(2)30(26,27)17-9-10-19-20(13-17)29-12-4-11-28-19/h5-10,13,18H,3-4,11-12,14H2,1-2H3,(H,23,25). The van der Waals surface area contributed by atoms with E-state index in [2.05, 4.69) is 21.2 Å². The number of carbonyl (C=O) groups is 1. The lowest BCUT2D eigenvalue weighted by molar-refractivity contribution is -0.121. The van der Waals surface area contributed by atoms with E-state index in [1.165, 1.54) is 19.2 Å². The summed E-state index contributed by atoms with van der Waals surface area (Å²) in [4.78, 5) is 12.6. The first-order chi connectivity index (χ1) is 14.3. The molecule has 0 saturated heterocycles. The van der Waals surface area contributed by atoms with Gasteiger partial charge in [-0.1, -0.05) is 35.0 Å². The first-order valence-corrected chi connectivity index (χ1v) is 12.0. The van der Waals surface area contributed by atoms with Gasteiger partial charge in [-0.05, 0) is 36.2 Å². The van der Waals surface area contributed by atoms with Gasteiger partial charge in [0.25, 0.3) is 0 Å². The average molecular weight is 497 g/mol. The molecule has 1 unspecified atom stereocenters. The summed E-state index contributed by atoms with van der Waals surface area (Å²) in [6.45, 7) is 2.66. The molecule has 0 fully saturated rings. The van der Waals surface area contributed by atoms with E-state index < -0.39 is 10.0 Å². The maximum Gasteiger partial charge on any atom is 0.243 e. The van der Waals surface area contributed by atoms with Gasteiger partial charge in [0, 0.05) is 24.0 Å². The van der Waals surface area contributed by atoms with Crippen molar-refractivity contribution >= 4 is 31.9 Å². The molecule has 2 aromatic carbocycles. The summed E-state index contributed by atoms with van der Waals surface area (Å²) in [5, 5.41) is 2.91. The molecule has 1 N–H and O–H groups in total. The van der Waals surface area contributed by atoms with Gasteiger partial charge >= 0.3 is 0 Å². The van der Waals surface area contributed by atoms with Crippen molar-refractivity contribution in [2.24, 2.45) is 0 Å². The molecule has 0 aromatic heterocycles. The van der Waals surface area contributed by atoms with Crippen molar-refractivity contribution in [2.75, 3.05) is 26.8 Å². The van der Waals surface area contributed by atoms with E-state index in [1.807, 2.05) is 31.2 Å². The van der Waals surface area contributed by atoms with Crippen LogP contribution in [0, 0.1) is 0 Å². The van der Waals surface area contributed by atoms with Gasteiger partial charge < -0.3 is 14.8 Å². The number of likely N-dealkylation sites (N-methyl/N-ethyl adjacent to an activating group) is 1. The Balaban J connectivity index is 1.69. The summed E-state index contributed by atoms with van der Waals surface area (Å²) in [7, 11) is -2.47. The first kappa shape index (κ1) is 22.6. The van der Waals surface area contributed by atoms with Crippen LogP contribution in [0.2, 0.25) is 0 Å². The third-order valence-corrected chi connectivity index (χ3v) is 7.14. The predicted molar refractivity (Wildman–Crippen MR) is 117 cm³/mol. The average Bonchev–Trinajstić information content (AvgIpc) is 2.97. The van der Waals surface area contributed by atoms with E-state index in [0.29, 0.717) is 31.1 Å². The van der Waals surface area contributed by atoms with Crippen molar-refractivity contribution in [2.45, 2.75) is 30.7 Å². The highest BCUT2D eigenvalue weighted by Crippen LogP contribution is 2.32. The molecule has 1 aliphatic heterocycles. The first-order valence-electron chi connectivity index (χ1n) is 9.72. The minimum absolute atomic E-state index is 0.0574. The highest BCUT2D eigenvalue weighted by atomic mass is 79.9. The molecule has 0 bridgehead atoms. The molecule has 1 heterocycles. The molecule has 162 valence electrons. The quantitative estimate of drug-likeness (QED) is 0.633. The molecule has 0 radical (unpaired) electrons. The van der Waals surface area contributed by atoms with E-state index in [4.69, 9.17) is 9.47 Å². The maximum atomic E-state index is 12.9. The Labute approximate surface area is 185 Å². The van der Waals surface area contributed by atoms with E-state index in [1.54, 1.807) is 6.07 Å². The third kappa shape index (κ3) is 5.33. The Morgan fingerprint density at radius 2 is 1.80 bits per heavy atom. The summed E-state index contributed by atoms with van der Waals surface area (Å²) in [6.07, 6.45) is 1.42. The topological polar surface area (TPSA) is 84.9 Å². The largest absolute Gasteiger partial charge is 0.490 e. The molecule has 7 nitrogen and oxygen atoms in total. The van der Waals surface area contributed by atoms with Crippen LogP contribution < -0.4 is 14.8 Å². The number of fused-ring (bicyclic) bond motifs is 1. The van der Waals surface area contributed by atoms with Crippen molar-refractivity contribution in [3.8, 4) is 11.5 Å². The van der Waals surface area contributed by atoms with Gasteiger partial charge in [-0.3, -0.25) is 4.79 Å². The van der Waals surface area contributed by atoms with Gasteiger partial charge in [-0.2, -0.15) is 4.31 Å². The highest BCUT2D eigenvalue weighted by Gasteiger charge is 2.26. The van der Waals surface area contributed by atoms with Crippen molar-refractivity contribution in [1.82, 2.24) is 9.62 Å². The molecular formula is C21H25BrN2O5S. The molecule has 1 aliphatic rings. The Hall–Kier alpha value is -2.10. The van der Waals surface area contributed by atoms with Crippen LogP contribution in [-0.2, 0) is 14.8 Å². The zero-order chi connectivity index (χ0) is 21.7. The summed E-state index contributed by atoms with van der Waals surface area (Å²) in [6, 6.07) is 12.0. The van der Waals surface area contributed by atoms with E-state index in [-0.39, 0.29) is 23.4 Å². The fourth-order valence-electron chi connectivity index (χ4n) is 3.13. The van der Waals surface area contributed by atoms with Crippen LogP contribution in [0.1, 0.15) is 31.4 Å². The van der Waals surface area contributed by atoms with Crippen LogP contribution in [-0.4, -0.2) is 45.4 Å². The number of benzene rings is 2. The Morgan fingerprint density at radius 1 is 1.13 bits per heavy atom. The van der Waals surface area contributed by atoms with Crippen LogP contribution in [0.15, 0.2) is 51.8 Å². The highest BCUT2D eigenvalue weighted by molar-refractivity contribution is 9.10. The van der Waals surface area contributed by atoms with Crippen molar-refractivity contribution < 1.29 is 22.7 Å². The number of nitrogens with zero attached hydrogens (tertiary/aromatic N) is 1. The minimum atomic E-state index is -3.86. The van der Waals surface area contributed by atoms with Crippen LogP contribution in [0.25, 0.3) is 0 Å². The van der Waals surface area contributed by atoms with Crippen molar-refractivity contribution in [3.63, 3.8) is 0 Å². The molecule has 1 atom stereocenters. The number of ether oxygens (including phenoxy) is 2. The van der Waals surface area contributed by atoms with Gasteiger partial charge in [-0.15, -0.1) is 0 Å². The van der Waals surface area contributed by atoms with E-state index in [9.17, 15) is 13.2 Å². The normalized spacial score (nSPS) is 14.8. The molecule has 1 amide bonds. The number of hydrogen-bond donors (Lipinski definition) is 1. The number of nitrogens with one attached hydrogen (secondary N) is 1. The lowest BCUT2D eigenvalue weighted by atomic mass is 10.0. The number of rotatable bonds is 7. The Bertz CT molecular complexity index is 995. The van der Waals surface area contributed by atoms with E-state index in [0.717, 1.165) is 20.8 Å². The number of hydrogen-bond acceptors (Lipinski definition) is 5. The van der Waals surface area contributed by atoms with Crippen LogP contribution in [0.4, 0.5) is 0 Å². The zero-order valence-corrected chi connectivity index (χ0v) is 19.3. The summed E-state index contributed by atoms with van der Waals surface area (Å²) in [5.74, 6) is 0.546. The number of halogens is 1. The molecule has 2 aromatic rings. The molecule has 0 spiro atoms. The summed E-state index contributed by atoms with van der Waals surface area (Å²) in [5.41, 5.74) is 0.961. The van der Waals surface area contributed by atoms with Crippen LogP contribution in [0.5, 0.6) is 11.5 Å². The number of sulfonamides is 1. The minimum Gasteiger partial charge on any atom is -0.490 e. The second-order valence-corrected chi connectivity index (χ2v) is 9.96. The fraction of sp³-hybridized carbons (Fsp3) is 0.381. The predicted octanol–water partition coefficient (Wildman–Crippen LogP) is 3.50. The molecule has 30 heavy (non-hydrogen) atoms. The smallest absolute Gasteiger partial charge is 0.243 e.